The van der Waals surface area contributed by atoms with Crippen LogP contribution in [0.1, 0.15) is 51.7 Å². The molecule has 2 bridgehead atoms. The van der Waals surface area contributed by atoms with Crippen molar-refractivity contribution in [2.45, 2.75) is 75.3 Å². The molecule has 1 aromatic carbocycles. The van der Waals surface area contributed by atoms with E-state index in [1.807, 2.05) is 6.07 Å². The highest BCUT2D eigenvalue weighted by molar-refractivity contribution is 6.74. The van der Waals surface area contributed by atoms with Gasteiger partial charge in [-0.15, -0.1) is 0 Å². The second-order valence-electron chi connectivity index (χ2n) is 9.94. The Balaban J connectivity index is 1.71. The molecular formula is C20H30ClFN2O3Si. The van der Waals surface area contributed by atoms with Crippen LogP contribution in [0.5, 0.6) is 0 Å². The van der Waals surface area contributed by atoms with E-state index in [9.17, 15) is 9.18 Å². The van der Waals surface area contributed by atoms with Gasteiger partial charge in [-0.1, -0.05) is 38.4 Å². The molecule has 4 rings (SSSR count). The summed E-state index contributed by atoms with van der Waals surface area (Å²) in [7, 11) is -2.08. The molecule has 1 amide bonds. The number of nitrogens with one attached hydrogen (secondary N) is 2. The van der Waals surface area contributed by atoms with E-state index >= 15 is 0 Å². The van der Waals surface area contributed by atoms with Gasteiger partial charge >= 0.3 is 6.09 Å². The Bertz CT molecular complexity index is 761. The lowest BCUT2D eigenvalue weighted by Gasteiger charge is -2.70. The molecule has 0 aliphatic heterocycles. The molecule has 28 heavy (non-hydrogen) atoms. The molecule has 156 valence electrons. The van der Waals surface area contributed by atoms with Crippen LogP contribution in [0.15, 0.2) is 18.2 Å². The van der Waals surface area contributed by atoms with Gasteiger partial charge in [-0.05, 0) is 55.1 Å². The summed E-state index contributed by atoms with van der Waals surface area (Å²) in [6.45, 7) is 11.4. The van der Waals surface area contributed by atoms with Crippen LogP contribution in [0.25, 0.3) is 0 Å². The maximum Gasteiger partial charge on any atom is 0.405 e. The zero-order chi connectivity index (χ0) is 21.0. The van der Waals surface area contributed by atoms with Crippen LogP contribution in [0.2, 0.25) is 23.2 Å². The molecule has 3 aliphatic carbocycles. The predicted octanol–water partition coefficient (Wildman–Crippen LogP) is 5.07. The fourth-order valence-electron chi connectivity index (χ4n) is 4.12. The molecule has 1 aromatic rings. The fourth-order valence-corrected chi connectivity index (χ4v) is 5.52. The first kappa shape index (κ1) is 21.6. The van der Waals surface area contributed by atoms with Crippen molar-refractivity contribution in [2.24, 2.45) is 0 Å². The zero-order valence-electron chi connectivity index (χ0n) is 17.2. The van der Waals surface area contributed by atoms with Gasteiger partial charge in [-0.25, -0.2) is 9.18 Å². The molecule has 1 atom stereocenters. The number of carbonyl (C=O) groups is 1. The predicted molar refractivity (Wildman–Crippen MR) is 111 cm³/mol. The third-order valence-electron chi connectivity index (χ3n) is 6.62. The number of hydrogen-bond acceptors (Lipinski definition) is 3. The number of rotatable bonds is 7. The van der Waals surface area contributed by atoms with Gasteiger partial charge in [0.05, 0.1) is 11.1 Å². The van der Waals surface area contributed by atoms with Crippen molar-refractivity contribution in [1.29, 1.82) is 0 Å². The summed E-state index contributed by atoms with van der Waals surface area (Å²) in [5, 5.41) is 15.3. The number of halogens is 2. The second kappa shape index (κ2) is 6.97. The molecule has 0 spiro atoms. The van der Waals surface area contributed by atoms with Crippen molar-refractivity contribution >= 4 is 26.0 Å². The maximum absolute atomic E-state index is 14.1. The lowest BCUT2D eigenvalue weighted by atomic mass is 9.44. The highest BCUT2D eigenvalue weighted by atomic mass is 35.5. The summed E-state index contributed by atoms with van der Waals surface area (Å²) in [6.07, 6.45) is 1.10. The number of amides is 1. The molecule has 3 saturated carbocycles. The molecule has 5 nitrogen and oxygen atoms in total. The van der Waals surface area contributed by atoms with Crippen LogP contribution in [-0.2, 0) is 4.43 Å². The van der Waals surface area contributed by atoms with Gasteiger partial charge in [0.15, 0.2) is 8.32 Å². The second-order valence-corrected chi connectivity index (χ2v) is 15.1. The number of benzene rings is 1. The Morgan fingerprint density at radius 2 is 1.93 bits per heavy atom. The molecule has 3 N–H and O–H groups in total. The van der Waals surface area contributed by atoms with Crippen molar-refractivity contribution in [2.75, 3.05) is 6.54 Å². The lowest BCUT2D eigenvalue weighted by molar-refractivity contribution is -0.102. The van der Waals surface area contributed by atoms with Crippen molar-refractivity contribution in [3.8, 4) is 0 Å². The maximum atomic E-state index is 14.1. The van der Waals surface area contributed by atoms with Crippen LogP contribution in [-0.4, -0.2) is 37.1 Å². The third-order valence-corrected chi connectivity index (χ3v) is 11.4. The minimum absolute atomic E-state index is 0.0298. The van der Waals surface area contributed by atoms with Crippen LogP contribution < -0.4 is 10.6 Å². The van der Waals surface area contributed by atoms with Gasteiger partial charge in [-0.2, -0.15) is 0 Å². The van der Waals surface area contributed by atoms with E-state index < -0.39 is 20.2 Å². The summed E-state index contributed by atoms with van der Waals surface area (Å²) in [6, 6.07) is 4.85. The van der Waals surface area contributed by atoms with Gasteiger partial charge < -0.3 is 20.2 Å². The highest BCUT2D eigenvalue weighted by Crippen LogP contribution is 2.60. The highest BCUT2D eigenvalue weighted by Gasteiger charge is 2.68. The summed E-state index contributed by atoms with van der Waals surface area (Å²) < 4.78 is 20.7. The molecule has 8 heteroatoms. The van der Waals surface area contributed by atoms with Crippen LogP contribution >= 0.6 is 11.6 Å². The van der Waals surface area contributed by atoms with Crippen molar-refractivity contribution in [3.63, 3.8) is 0 Å². The first-order valence-electron chi connectivity index (χ1n) is 9.66. The SMILES string of the molecule is CC(C)(C)[Si](C)(C)OC(CNC12CC(NC(=O)O)(C1)C2)c1ccc(Cl)c(F)c1. The Morgan fingerprint density at radius 1 is 1.32 bits per heavy atom. The standard InChI is InChI=1S/C20H30ClFN2O3Si/c1-18(2,3)28(4,5)27-16(13-6-7-14(21)15(22)8-13)9-23-19-10-20(11-19,12-19)24-17(25)26/h6-8,16,23-24H,9-12H2,1-5H3,(H,25,26). The van der Waals surface area contributed by atoms with Gasteiger partial charge in [0.2, 0.25) is 0 Å². The van der Waals surface area contributed by atoms with E-state index in [-0.39, 0.29) is 27.2 Å². The molecule has 0 heterocycles. The van der Waals surface area contributed by atoms with Gasteiger partial charge in [0.25, 0.3) is 0 Å². The number of hydrogen-bond donors (Lipinski definition) is 3. The molecule has 1 unspecified atom stereocenters. The normalized spacial score (nSPS) is 27.5. The molecule has 0 aromatic heterocycles. The van der Waals surface area contributed by atoms with Crippen LogP contribution in [0.3, 0.4) is 0 Å². The topological polar surface area (TPSA) is 70.6 Å². The summed E-state index contributed by atoms with van der Waals surface area (Å²) >= 11 is 5.86. The summed E-state index contributed by atoms with van der Waals surface area (Å²) in [5.74, 6) is -0.446. The van der Waals surface area contributed by atoms with E-state index in [1.165, 1.54) is 6.07 Å². The zero-order valence-corrected chi connectivity index (χ0v) is 18.9. The van der Waals surface area contributed by atoms with E-state index in [2.05, 4.69) is 44.5 Å². The smallest absolute Gasteiger partial charge is 0.405 e. The van der Waals surface area contributed by atoms with Gasteiger partial charge in [0, 0.05) is 17.6 Å². The quantitative estimate of drug-likeness (QED) is 0.530. The lowest BCUT2D eigenvalue weighted by Crippen LogP contribution is -2.83. The molecule has 0 radical (unpaired) electrons. The number of carboxylic acid groups (broad SMARTS) is 1. The molecule has 0 saturated heterocycles. The Kier molecular flexibility index (Phi) is 5.37. The van der Waals surface area contributed by atoms with Gasteiger partial charge in [0.1, 0.15) is 5.82 Å². The van der Waals surface area contributed by atoms with E-state index in [1.54, 1.807) is 6.07 Å². The van der Waals surface area contributed by atoms with E-state index in [0.717, 1.165) is 24.8 Å². The minimum Gasteiger partial charge on any atom is -0.465 e. The molecular weight excluding hydrogens is 399 g/mol. The average molecular weight is 429 g/mol. The van der Waals surface area contributed by atoms with Crippen LogP contribution in [0, 0.1) is 5.82 Å². The van der Waals surface area contributed by atoms with Crippen molar-refractivity contribution < 1.29 is 18.7 Å². The Labute approximate surface area is 172 Å². The Morgan fingerprint density at radius 3 is 2.43 bits per heavy atom. The Hall–Kier alpha value is -1.15. The van der Waals surface area contributed by atoms with Crippen molar-refractivity contribution in [1.82, 2.24) is 10.6 Å². The van der Waals surface area contributed by atoms with E-state index in [0.29, 0.717) is 6.54 Å². The minimum atomic E-state index is -2.08. The van der Waals surface area contributed by atoms with Gasteiger partial charge in [-0.3, -0.25) is 0 Å². The largest absolute Gasteiger partial charge is 0.465 e. The van der Waals surface area contributed by atoms with E-state index in [4.69, 9.17) is 21.1 Å². The first-order valence-corrected chi connectivity index (χ1v) is 12.9. The third kappa shape index (κ3) is 4.08. The monoisotopic (exact) mass is 428 g/mol. The van der Waals surface area contributed by atoms with Crippen molar-refractivity contribution in [3.05, 3.63) is 34.6 Å². The molecule has 3 aliphatic rings. The van der Waals surface area contributed by atoms with Crippen LogP contribution in [0.4, 0.5) is 9.18 Å². The average Bonchev–Trinajstić information content (AvgIpc) is 2.48. The molecule has 3 fully saturated rings. The first-order chi connectivity index (χ1) is 12.8. The summed E-state index contributed by atoms with van der Waals surface area (Å²) in [4.78, 5) is 10.9. The fraction of sp³-hybridized carbons (Fsp3) is 0.650. The summed E-state index contributed by atoms with van der Waals surface area (Å²) in [5.41, 5.74) is 0.466.